The van der Waals surface area contributed by atoms with Gasteiger partial charge in [0.25, 0.3) is 0 Å². The molecule has 0 aliphatic carbocycles. The SMILES string of the molecule is Cc1ccc(S(=O)(=O)N2CCN(c3ccc(C(F)(F)F)cn3)C(C(F)(F)F)C2)cc1CC(=O)O. The number of aromatic nitrogens is 1. The minimum Gasteiger partial charge on any atom is -0.481 e. The van der Waals surface area contributed by atoms with Crippen molar-refractivity contribution in [2.45, 2.75) is 36.6 Å². The summed E-state index contributed by atoms with van der Waals surface area (Å²) in [5, 5.41) is 9.00. The Labute approximate surface area is 190 Å². The summed E-state index contributed by atoms with van der Waals surface area (Å²) in [6.07, 6.45) is -9.68. The van der Waals surface area contributed by atoms with Crippen LogP contribution in [0, 0.1) is 6.92 Å². The Bertz CT molecular complexity index is 1170. The van der Waals surface area contributed by atoms with E-state index in [9.17, 15) is 39.6 Å². The lowest BCUT2D eigenvalue weighted by Crippen LogP contribution is -2.60. The van der Waals surface area contributed by atoms with Gasteiger partial charge in [-0.15, -0.1) is 0 Å². The normalized spacial score (nSPS) is 18.2. The summed E-state index contributed by atoms with van der Waals surface area (Å²) < 4.78 is 107. The Morgan fingerprint density at radius 1 is 1.12 bits per heavy atom. The van der Waals surface area contributed by atoms with Gasteiger partial charge in [0.2, 0.25) is 10.0 Å². The van der Waals surface area contributed by atoms with Crippen molar-refractivity contribution < 1.29 is 44.7 Å². The second kappa shape index (κ2) is 9.06. The third-order valence-electron chi connectivity index (χ3n) is 5.39. The molecule has 7 nitrogen and oxygen atoms in total. The largest absolute Gasteiger partial charge is 0.481 e. The third kappa shape index (κ3) is 5.43. The molecular weight excluding hydrogens is 492 g/mol. The van der Waals surface area contributed by atoms with Crippen LogP contribution >= 0.6 is 0 Å². The van der Waals surface area contributed by atoms with E-state index in [0.29, 0.717) is 22.1 Å². The monoisotopic (exact) mass is 511 g/mol. The van der Waals surface area contributed by atoms with Crippen LogP contribution in [-0.2, 0) is 27.4 Å². The average Bonchev–Trinajstić information content (AvgIpc) is 2.73. The number of sulfonamides is 1. The van der Waals surface area contributed by atoms with Crippen LogP contribution in [0.25, 0.3) is 0 Å². The average molecular weight is 511 g/mol. The number of piperazine rings is 1. The lowest BCUT2D eigenvalue weighted by Gasteiger charge is -2.42. The summed E-state index contributed by atoms with van der Waals surface area (Å²) in [7, 11) is -4.42. The molecule has 14 heteroatoms. The van der Waals surface area contributed by atoms with Crippen LogP contribution in [0.2, 0.25) is 0 Å². The van der Waals surface area contributed by atoms with E-state index in [1.165, 1.54) is 12.1 Å². The summed E-state index contributed by atoms with van der Waals surface area (Å²) in [6.45, 7) is -0.309. The minimum absolute atomic E-state index is 0.202. The maximum atomic E-state index is 13.8. The number of halogens is 6. The van der Waals surface area contributed by atoms with Crippen LogP contribution in [0.1, 0.15) is 16.7 Å². The molecule has 186 valence electrons. The number of carbonyl (C=O) groups is 1. The van der Waals surface area contributed by atoms with Gasteiger partial charge in [0.05, 0.1) is 16.9 Å². The molecule has 1 aromatic carbocycles. The molecular formula is C20H19F6N3O4S. The topological polar surface area (TPSA) is 90.8 Å². The van der Waals surface area contributed by atoms with Crippen LogP contribution in [0.15, 0.2) is 41.4 Å². The van der Waals surface area contributed by atoms with Crippen LogP contribution in [0.4, 0.5) is 32.2 Å². The summed E-state index contributed by atoms with van der Waals surface area (Å²) in [6, 6.07) is 2.73. The van der Waals surface area contributed by atoms with E-state index in [2.05, 4.69) is 4.98 Å². The summed E-state index contributed by atoms with van der Waals surface area (Å²) in [4.78, 5) is 14.9. The predicted molar refractivity (Wildman–Crippen MR) is 108 cm³/mol. The number of aryl methyl sites for hydroxylation is 1. The lowest BCUT2D eigenvalue weighted by atomic mass is 10.1. The Morgan fingerprint density at radius 3 is 2.32 bits per heavy atom. The highest BCUT2D eigenvalue weighted by molar-refractivity contribution is 7.89. The van der Waals surface area contributed by atoms with Crippen LogP contribution in [0.5, 0.6) is 0 Å². The first-order chi connectivity index (χ1) is 15.6. The molecule has 0 saturated carbocycles. The zero-order valence-corrected chi connectivity index (χ0v) is 18.4. The molecule has 34 heavy (non-hydrogen) atoms. The van der Waals surface area contributed by atoms with Gasteiger partial charge in [-0.1, -0.05) is 6.07 Å². The van der Waals surface area contributed by atoms with Crippen LogP contribution in [0.3, 0.4) is 0 Å². The Balaban J connectivity index is 1.91. The molecule has 3 rings (SSSR count). The van der Waals surface area contributed by atoms with Gasteiger partial charge in [-0.2, -0.15) is 30.6 Å². The van der Waals surface area contributed by atoms with E-state index < -0.39 is 59.5 Å². The van der Waals surface area contributed by atoms with Crippen molar-refractivity contribution in [1.29, 1.82) is 0 Å². The molecule has 2 heterocycles. The number of benzene rings is 1. The predicted octanol–water partition coefficient (Wildman–Crippen LogP) is 3.48. The van der Waals surface area contributed by atoms with Crippen molar-refractivity contribution in [2.24, 2.45) is 0 Å². The van der Waals surface area contributed by atoms with Gasteiger partial charge in [-0.25, -0.2) is 13.4 Å². The number of carboxylic acid groups (broad SMARTS) is 1. The fraction of sp³-hybridized carbons (Fsp3) is 0.400. The van der Waals surface area contributed by atoms with E-state index in [1.54, 1.807) is 6.92 Å². The van der Waals surface area contributed by atoms with Gasteiger partial charge >= 0.3 is 18.3 Å². The number of hydrogen-bond donors (Lipinski definition) is 1. The van der Waals surface area contributed by atoms with Gasteiger partial charge < -0.3 is 10.0 Å². The molecule has 1 N–H and O–H groups in total. The van der Waals surface area contributed by atoms with Gasteiger partial charge in [-0.3, -0.25) is 4.79 Å². The Kier molecular flexibility index (Phi) is 6.86. The van der Waals surface area contributed by atoms with E-state index in [0.717, 1.165) is 17.0 Å². The first kappa shape index (κ1) is 25.7. The number of hydrogen-bond acceptors (Lipinski definition) is 5. The number of rotatable bonds is 5. The third-order valence-corrected chi connectivity index (χ3v) is 7.25. The molecule has 1 atom stereocenters. The molecule has 0 bridgehead atoms. The number of pyridine rings is 1. The Hall–Kier alpha value is -2.87. The van der Waals surface area contributed by atoms with Crippen molar-refractivity contribution in [3.05, 3.63) is 53.2 Å². The fourth-order valence-electron chi connectivity index (χ4n) is 3.56. The maximum absolute atomic E-state index is 13.8. The zero-order valence-electron chi connectivity index (χ0n) is 17.6. The van der Waals surface area contributed by atoms with Crippen LogP contribution in [-0.4, -0.2) is 60.6 Å². The van der Waals surface area contributed by atoms with Gasteiger partial charge in [0.15, 0.2) is 0 Å². The Morgan fingerprint density at radius 2 is 1.79 bits per heavy atom. The van der Waals surface area contributed by atoms with E-state index in [4.69, 9.17) is 5.11 Å². The quantitative estimate of drug-likeness (QED) is 0.619. The van der Waals surface area contributed by atoms with Crippen molar-refractivity contribution in [1.82, 2.24) is 9.29 Å². The molecule has 1 fully saturated rings. The highest BCUT2D eigenvalue weighted by atomic mass is 32.2. The van der Waals surface area contributed by atoms with Gasteiger partial charge in [0.1, 0.15) is 11.9 Å². The van der Waals surface area contributed by atoms with Crippen molar-refractivity contribution in [3.63, 3.8) is 0 Å². The second-order valence-corrected chi connectivity index (χ2v) is 9.61. The number of nitrogens with zero attached hydrogens (tertiary/aromatic N) is 3. The van der Waals surface area contributed by atoms with Gasteiger partial charge in [0, 0.05) is 25.8 Å². The summed E-state index contributed by atoms with van der Waals surface area (Å²) in [5.41, 5.74) is -0.418. The molecule has 1 unspecified atom stereocenters. The first-order valence-electron chi connectivity index (χ1n) is 9.79. The molecule has 0 radical (unpaired) electrons. The summed E-state index contributed by atoms with van der Waals surface area (Å²) in [5.74, 6) is -1.57. The van der Waals surface area contributed by atoms with Crippen molar-refractivity contribution in [3.8, 4) is 0 Å². The molecule has 2 aromatic rings. The van der Waals surface area contributed by atoms with Crippen molar-refractivity contribution >= 4 is 21.8 Å². The fourth-order valence-corrected chi connectivity index (χ4v) is 5.05. The van der Waals surface area contributed by atoms with E-state index in [-0.39, 0.29) is 22.8 Å². The number of anilines is 1. The molecule has 0 spiro atoms. The number of carboxylic acids is 1. The van der Waals surface area contributed by atoms with Gasteiger partial charge in [-0.05, 0) is 42.3 Å². The number of alkyl halides is 6. The first-order valence-corrected chi connectivity index (χ1v) is 11.2. The highest BCUT2D eigenvalue weighted by Crippen LogP contribution is 2.34. The second-order valence-electron chi connectivity index (χ2n) is 7.68. The highest BCUT2D eigenvalue weighted by Gasteiger charge is 2.49. The molecule has 1 aliphatic heterocycles. The zero-order chi connectivity index (χ0) is 25.5. The van der Waals surface area contributed by atoms with E-state index >= 15 is 0 Å². The molecule has 1 aliphatic rings. The minimum atomic E-state index is -4.92. The molecule has 0 amide bonds. The summed E-state index contributed by atoms with van der Waals surface area (Å²) >= 11 is 0. The van der Waals surface area contributed by atoms with E-state index in [1.807, 2.05) is 0 Å². The standard InChI is InChI=1S/C20H19F6N3O4S/c1-12-2-4-15(8-13(12)9-18(30)31)34(32,33)28-6-7-29(16(11-28)20(24,25)26)17-5-3-14(10-27-17)19(21,22)23/h2-5,8,10,16H,6-7,9,11H2,1H3,(H,30,31). The molecule has 1 aromatic heterocycles. The maximum Gasteiger partial charge on any atom is 0.417 e. The van der Waals surface area contributed by atoms with Crippen molar-refractivity contribution in [2.75, 3.05) is 24.5 Å². The lowest BCUT2D eigenvalue weighted by molar-refractivity contribution is -0.153. The van der Waals surface area contributed by atoms with Crippen LogP contribution < -0.4 is 4.90 Å². The smallest absolute Gasteiger partial charge is 0.417 e. The number of aliphatic carboxylic acids is 1. The molecule has 1 saturated heterocycles.